The molecule has 0 aromatic heterocycles. The van der Waals surface area contributed by atoms with E-state index in [-0.39, 0.29) is 19.1 Å². The van der Waals surface area contributed by atoms with E-state index in [1.165, 1.54) is 0 Å². The fourth-order valence-electron chi connectivity index (χ4n) is 2.59. The number of hydrogen-bond donors (Lipinski definition) is 3. The van der Waals surface area contributed by atoms with Crippen molar-refractivity contribution in [1.29, 1.82) is 0 Å². The Morgan fingerprint density at radius 2 is 1.69 bits per heavy atom. The van der Waals surface area contributed by atoms with Gasteiger partial charge in [-0.15, -0.1) is 0 Å². The molecule has 0 fully saturated rings. The zero-order chi connectivity index (χ0) is 21.6. The van der Waals surface area contributed by atoms with Crippen molar-refractivity contribution in [1.82, 2.24) is 10.6 Å². The highest BCUT2D eigenvalue weighted by Crippen LogP contribution is 2.08. The molecule has 2 amide bonds. The SMILES string of the molecule is CCOC(CCNC(=O)C(NC(=O)OCc1ccccc1)C(O)C(C)C)OCC. The number of benzene rings is 1. The minimum Gasteiger partial charge on any atom is -0.445 e. The summed E-state index contributed by atoms with van der Waals surface area (Å²) in [6.45, 7) is 8.62. The molecule has 0 aliphatic rings. The average molecular weight is 411 g/mol. The van der Waals surface area contributed by atoms with E-state index < -0.39 is 30.4 Å². The number of ether oxygens (including phenoxy) is 3. The smallest absolute Gasteiger partial charge is 0.408 e. The third kappa shape index (κ3) is 9.74. The summed E-state index contributed by atoms with van der Waals surface area (Å²) in [7, 11) is 0. The Morgan fingerprint density at radius 3 is 2.24 bits per heavy atom. The lowest BCUT2D eigenvalue weighted by molar-refractivity contribution is -0.140. The molecule has 0 saturated heterocycles. The lowest BCUT2D eigenvalue weighted by atomic mass is 9.99. The highest BCUT2D eigenvalue weighted by atomic mass is 16.7. The average Bonchev–Trinajstić information content (AvgIpc) is 2.70. The van der Waals surface area contributed by atoms with Gasteiger partial charge < -0.3 is 30.0 Å². The van der Waals surface area contributed by atoms with Gasteiger partial charge in [-0.2, -0.15) is 0 Å². The number of nitrogens with one attached hydrogen (secondary N) is 2. The zero-order valence-electron chi connectivity index (χ0n) is 17.7. The van der Waals surface area contributed by atoms with Crippen molar-refractivity contribution in [2.45, 2.75) is 59.2 Å². The van der Waals surface area contributed by atoms with Crippen LogP contribution in [-0.2, 0) is 25.6 Å². The molecule has 1 aromatic carbocycles. The Balaban J connectivity index is 2.59. The van der Waals surface area contributed by atoms with Crippen LogP contribution in [0, 0.1) is 5.92 Å². The molecule has 164 valence electrons. The predicted octanol–water partition coefficient (Wildman–Crippen LogP) is 2.20. The zero-order valence-corrected chi connectivity index (χ0v) is 17.7. The van der Waals surface area contributed by atoms with Crippen LogP contribution in [0.25, 0.3) is 0 Å². The van der Waals surface area contributed by atoms with E-state index in [9.17, 15) is 14.7 Å². The summed E-state index contributed by atoms with van der Waals surface area (Å²) >= 11 is 0. The summed E-state index contributed by atoms with van der Waals surface area (Å²) in [5, 5.41) is 15.6. The molecule has 0 radical (unpaired) electrons. The van der Waals surface area contributed by atoms with Gasteiger partial charge in [0, 0.05) is 26.2 Å². The van der Waals surface area contributed by atoms with Crippen molar-refractivity contribution in [3.05, 3.63) is 35.9 Å². The summed E-state index contributed by atoms with van der Waals surface area (Å²) < 4.78 is 16.0. The van der Waals surface area contributed by atoms with Gasteiger partial charge in [0.1, 0.15) is 12.6 Å². The maximum absolute atomic E-state index is 12.6. The van der Waals surface area contributed by atoms with Crippen LogP contribution in [0.4, 0.5) is 4.79 Å². The van der Waals surface area contributed by atoms with Gasteiger partial charge in [0.2, 0.25) is 5.91 Å². The fraction of sp³-hybridized carbons (Fsp3) is 0.619. The first-order valence-electron chi connectivity index (χ1n) is 10.0. The summed E-state index contributed by atoms with van der Waals surface area (Å²) in [6, 6.07) is 8.07. The molecule has 0 saturated carbocycles. The summed E-state index contributed by atoms with van der Waals surface area (Å²) in [5.74, 6) is -0.727. The molecule has 29 heavy (non-hydrogen) atoms. The molecule has 8 nitrogen and oxygen atoms in total. The number of aliphatic hydroxyl groups is 1. The molecule has 2 unspecified atom stereocenters. The van der Waals surface area contributed by atoms with Crippen molar-refractivity contribution in [3.8, 4) is 0 Å². The minimum absolute atomic E-state index is 0.0726. The van der Waals surface area contributed by atoms with E-state index in [2.05, 4.69) is 10.6 Å². The van der Waals surface area contributed by atoms with Gasteiger partial charge in [0.05, 0.1) is 6.10 Å². The molecular formula is C21H34N2O6. The third-order valence-electron chi connectivity index (χ3n) is 4.18. The van der Waals surface area contributed by atoms with Crippen molar-refractivity contribution in [2.75, 3.05) is 19.8 Å². The largest absolute Gasteiger partial charge is 0.445 e. The molecule has 0 aliphatic carbocycles. The second-order valence-corrected chi connectivity index (χ2v) is 6.84. The summed E-state index contributed by atoms with van der Waals surface area (Å²) in [5.41, 5.74) is 0.825. The Hall–Kier alpha value is -2.16. The van der Waals surface area contributed by atoms with Gasteiger partial charge in [-0.05, 0) is 25.3 Å². The second-order valence-electron chi connectivity index (χ2n) is 6.84. The van der Waals surface area contributed by atoms with Crippen LogP contribution in [0.3, 0.4) is 0 Å². The lowest BCUT2D eigenvalue weighted by Crippen LogP contribution is -2.55. The van der Waals surface area contributed by atoms with Gasteiger partial charge in [-0.3, -0.25) is 4.79 Å². The molecule has 0 bridgehead atoms. The van der Waals surface area contributed by atoms with E-state index in [0.29, 0.717) is 19.6 Å². The first-order valence-corrected chi connectivity index (χ1v) is 10.0. The Bertz CT molecular complexity index is 590. The number of carbonyl (C=O) groups excluding carboxylic acids is 2. The normalized spacial score (nSPS) is 13.2. The third-order valence-corrected chi connectivity index (χ3v) is 4.18. The standard InChI is InChI=1S/C21H34N2O6/c1-5-27-17(28-6-2)12-13-22-20(25)18(19(24)15(3)4)23-21(26)29-14-16-10-8-7-9-11-16/h7-11,15,17-19,24H,5-6,12-14H2,1-4H3,(H,22,25)(H,23,26). The second kappa shape index (κ2) is 13.9. The molecule has 1 rings (SSSR count). The minimum atomic E-state index is -1.13. The molecular weight excluding hydrogens is 376 g/mol. The first kappa shape index (κ1) is 24.9. The maximum atomic E-state index is 12.6. The van der Waals surface area contributed by atoms with E-state index >= 15 is 0 Å². The van der Waals surface area contributed by atoms with Crippen LogP contribution in [0.1, 0.15) is 39.7 Å². The van der Waals surface area contributed by atoms with Crippen LogP contribution >= 0.6 is 0 Å². The Kier molecular flexibility index (Phi) is 11.9. The Labute approximate surface area is 172 Å². The van der Waals surface area contributed by atoms with Gasteiger partial charge in [-0.25, -0.2) is 4.79 Å². The van der Waals surface area contributed by atoms with Crippen molar-refractivity contribution in [2.24, 2.45) is 5.92 Å². The quantitative estimate of drug-likeness (QED) is 0.431. The topological polar surface area (TPSA) is 106 Å². The van der Waals surface area contributed by atoms with Gasteiger partial charge >= 0.3 is 6.09 Å². The first-order chi connectivity index (χ1) is 13.9. The molecule has 2 atom stereocenters. The van der Waals surface area contributed by atoms with Crippen LogP contribution < -0.4 is 10.6 Å². The molecule has 3 N–H and O–H groups in total. The van der Waals surface area contributed by atoms with Crippen molar-refractivity contribution in [3.63, 3.8) is 0 Å². The molecule has 0 heterocycles. The van der Waals surface area contributed by atoms with E-state index in [1.54, 1.807) is 13.8 Å². The van der Waals surface area contributed by atoms with Gasteiger partial charge in [0.25, 0.3) is 0 Å². The highest BCUT2D eigenvalue weighted by Gasteiger charge is 2.31. The molecule has 8 heteroatoms. The van der Waals surface area contributed by atoms with Gasteiger partial charge in [0.15, 0.2) is 6.29 Å². The monoisotopic (exact) mass is 410 g/mol. The maximum Gasteiger partial charge on any atom is 0.408 e. The molecule has 0 aliphatic heterocycles. The number of aliphatic hydroxyl groups excluding tert-OH is 1. The lowest BCUT2D eigenvalue weighted by Gasteiger charge is -2.26. The number of alkyl carbamates (subject to hydrolysis) is 1. The van der Waals surface area contributed by atoms with E-state index in [1.807, 2.05) is 44.2 Å². The number of carbonyl (C=O) groups is 2. The summed E-state index contributed by atoms with van der Waals surface area (Å²) in [6.07, 6.45) is -1.79. The van der Waals surface area contributed by atoms with Crippen LogP contribution in [0.15, 0.2) is 30.3 Å². The van der Waals surface area contributed by atoms with Crippen molar-refractivity contribution < 1.29 is 28.9 Å². The highest BCUT2D eigenvalue weighted by molar-refractivity contribution is 5.86. The Morgan fingerprint density at radius 1 is 1.07 bits per heavy atom. The van der Waals surface area contributed by atoms with Gasteiger partial charge in [-0.1, -0.05) is 44.2 Å². The predicted molar refractivity (Wildman–Crippen MR) is 109 cm³/mol. The molecule has 0 spiro atoms. The van der Waals surface area contributed by atoms with Crippen LogP contribution in [0.2, 0.25) is 0 Å². The van der Waals surface area contributed by atoms with E-state index in [0.717, 1.165) is 5.56 Å². The summed E-state index contributed by atoms with van der Waals surface area (Å²) in [4.78, 5) is 24.7. The van der Waals surface area contributed by atoms with Crippen LogP contribution in [-0.4, -0.2) is 55.3 Å². The number of rotatable bonds is 13. The van der Waals surface area contributed by atoms with E-state index in [4.69, 9.17) is 14.2 Å². The van der Waals surface area contributed by atoms with Crippen molar-refractivity contribution >= 4 is 12.0 Å². The number of amides is 2. The fourth-order valence-corrected chi connectivity index (χ4v) is 2.59. The molecule has 1 aromatic rings. The van der Waals surface area contributed by atoms with Crippen LogP contribution in [0.5, 0.6) is 0 Å². The number of hydrogen-bond acceptors (Lipinski definition) is 6.